The minimum Gasteiger partial charge on any atom is -0.478 e. The van der Waals surface area contributed by atoms with Crippen molar-refractivity contribution in [3.8, 4) is 0 Å². The molecule has 0 aliphatic rings. The van der Waals surface area contributed by atoms with E-state index >= 15 is 0 Å². The summed E-state index contributed by atoms with van der Waals surface area (Å²) in [5, 5.41) is 17.2. The summed E-state index contributed by atoms with van der Waals surface area (Å²) in [4.78, 5) is 10.7. The van der Waals surface area contributed by atoms with Crippen molar-refractivity contribution in [2.75, 3.05) is 6.61 Å². The third-order valence-electron chi connectivity index (χ3n) is 1.95. The van der Waals surface area contributed by atoms with Gasteiger partial charge in [0.25, 0.3) is 0 Å². The fourth-order valence-corrected chi connectivity index (χ4v) is 1.22. The zero-order chi connectivity index (χ0) is 13.1. The van der Waals surface area contributed by atoms with Gasteiger partial charge in [-0.25, -0.2) is 4.79 Å². The van der Waals surface area contributed by atoms with Gasteiger partial charge in [-0.3, -0.25) is 0 Å². The Hall–Kier alpha value is -1.82. The molecule has 0 atom stereocenters. The zero-order valence-electron chi connectivity index (χ0n) is 8.53. The molecule has 3 nitrogen and oxygen atoms in total. The lowest BCUT2D eigenvalue weighted by Crippen LogP contribution is -2.08. The molecule has 1 rings (SSSR count). The maximum absolute atomic E-state index is 12.5. The highest BCUT2D eigenvalue weighted by Crippen LogP contribution is 2.31. The van der Waals surface area contributed by atoms with Crippen molar-refractivity contribution in [2.45, 2.75) is 6.18 Å². The first-order valence-electron chi connectivity index (χ1n) is 4.57. The Kier molecular flexibility index (Phi) is 3.90. The van der Waals surface area contributed by atoms with Crippen LogP contribution in [0.15, 0.2) is 24.3 Å². The minimum absolute atomic E-state index is 0.0753. The predicted octanol–water partition coefficient (Wildman–Crippen LogP) is 2.41. The van der Waals surface area contributed by atoms with E-state index in [-0.39, 0.29) is 12.2 Å². The van der Waals surface area contributed by atoms with Crippen molar-refractivity contribution >= 4 is 12.0 Å². The number of rotatable bonds is 3. The van der Waals surface area contributed by atoms with Crippen molar-refractivity contribution in [3.63, 3.8) is 0 Å². The third-order valence-corrected chi connectivity index (χ3v) is 1.95. The Morgan fingerprint density at radius 2 is 1.94 bits per heavy atom. The number of alkyl halides is 3. The molecule has 17 heavy (non-hydrogen) atoms. The van der Waals surface area contributed by atoms with Crippen LogP contribution in [-0.2, 0) is 6.18 Å². The molecule has 0 bridgehead atoms. The van der Waals surface area contributed by atoms with E-state index in [1.807, 2.05) is 0 Å². The molecule has 0 amide bonds. The van der Waals surface area contributed by atoms with E-state index in [1.165, 1.54) is 12.2 Å². The summed E-state index contributed by atoms with van der Waals surface area (Å²) in [6.45, 7) is -0.335. The molecule has 0 fully saturated rings. The molecule has 0 spiro atoms. The van der Waals surface area contributed by atoms with Crippen molar-refractivity contribution < 1.29 is 28.2 Å². The van der Waals surface area contributed by atoms with Crippen LogP contribution < -0.4 is 0 Å². The van der Waals surface area contributed by atoms with Crippen LogP contribution in [-0.4, -0.2) is 22.8 Å². The molecule has 92 valence electrons. The van der Waals surface area contributed by atoms with Gasteiger partial charge in [-0.1, -0.05) is 12.2 Å². The van der Waals surface area contributed by atoms with Crippen LogP contribution in [0, 0.1) is 0 Å². The van der Waals surface area contributed by atoms with E-state index in [1.54, 1.807) is 0 Å². The number of aromatic carboxylic acids is 1. The molecule has 2 N–H and O–H groups in total. The second kappa shape index (κ2) is 5.01. The van der Waals surface area contributed by atoms with Gasteiger partial charge in [0, 0.05) is 0 Å². The second-order valence-corrected chi connectivity index (χ2v) is 3.23. The molecule has 1 aromatic carbocycles. The Morgan fingerprint density at radius 3 is 2.41 bits per heavy atom. The molecule has 0 saturated carbocycles. The third kappa shape index (κ3) is 3.60. The first kappa shape index (κ1) is 13.2. The largest absolute Gasteiger partial charge is 0.478 e. The van der Waals surface area contributed by atoms with Gasteiger partial charge >= 0.3 is 12.1 Å². The van der Waals surface area contributed by atoms with Crippen molar-refractivity contribution in [3.05, 3.63) is 41.0 Å². The van der Waals surface area contributed by atoms with E-state index in [4.69, 9.17) is 10.2 Å². The highest BCUT2D eigenvalue weighted by Gasteiger charge is 2.31. The van der Waals surface area contributed by atoms with Gasteiger partial charge in [0.1, 0.15) is 0 Å². The molecular weight excluding hydrogens is 237 g/mol. The maximum atomic E-state index is 12.5. The summed E-state index contributed by atoms with van der Waals surface area (Å²) >= 11 is 0. The standard InChI is InChI=1S/C11H9F3O3/c12-11(13,14)9-5-7(2-1-3-15)4-8(6-9)10(16)17/h1-2,4-6,15H,3H2,(H,16,17). The molecule has 1 aromatic rings. The fraction of sp³-hybridized carbons (Fsp3) is 0.182. The molecule has 0 aliphatic heterocycles. The SMILES string of the molecule is O=C(O)c1cc(C=CCO)cc(C(F)(F)F)c1. The summed E-state index contributed by atoms with van der Waals surface area (Å²) in [5.74, 6) is -1.44. The first-order chi connectivity index (χ1) is 7.84. The molecule has 6 heteroatoms. The van der Waals surface area contributed by atoms with Crippen LogP contribution in [0.25, 0.3) is 6.08 Å². The maximum Gasteiger partial charge on any atom is 0.416 e. The summed E-state index contributed by atoms with van der Waals surface area (Å²) in [7, 11) is 0. The number of aliphatic hydroxyl groups is 1. The monoisotopic (exact) mass is 246 g/mol. The van der Waals surface area contributed by atoms with E-state index in [9.17, 15) is 18.0 Å². The van der Waals surface area contributed by atoms with Crippen LogP contribution in [0.2, 0.25) is 0 Å². The first-order valence-corrected chi connectivity index (χ1v) is 4.57. The van der Waals surface area contributed by atoms with Crippen molar-refractivity contribution in [2.24, 2.45) is 0 Å². The zero-order valence-corrected chi connectivity index (χ0v) is 8.53. The van der Waals surface area contributed by atoms with Gasteiger partial charge in [0.2, 0.25) is 0 Å². The lowest BCUT2D eigenvalue weighted by Gasteiger charge is -2.08. The van der Waals surface area contributed by atoms with E-state index in [2.05, 4.69) is 0 Å². The number of carbonyl (C=O) groups is 1. The average molecular weight is 246 g/mol. The topological polar surface area (TPSA) is 57.5 Å². The van der Waals surface area contributed by atoms with Gasteiger partial charge < -0.3 is 10.2 Å². The smallest absolute Gasteiger partial charge is 0.416 e. The average Bonchev–Trinajstić information content (AvgIpc) is 2.24. The lowest BCUT2D eigenvalue weighted by molar-refractivity contribution is -0.137. The van der Waals surface area contributed by atoms with Crippen LogP contribution in [0.1, 0.15) is 21.5 Å². The van der Waals surface area contributed by atoms with Gasteiger partial charge in [0.05, 0.1) is 17.7 Å². The Labute approximate surface area is 94.8 Å². The normalized spacial score (nSPS) is 12.0. The van der Waals surface area contributed by atoms with E-state index in [0.29, 0.717) is 6.07 Å². The summed E-state index contributed by atoms with van der Waals surface area (Å²) in [5.41, 5.74) is -1.40. The highest BCUT2D eigenvalue weighted by molar-refractivity contribution is 5.88. The minimum atomic E-state index is -4.60. The second-order valence-electron chi connectivity index (χ2n) is 3.23. The van der Waals surface area contributed by atoms with Crippen LogP contribution in [0.5, 0.6) is 0 Å². The van der Waals surface area contributed by atoms with Gasteiger partial charge in [-0.2, -0.15) is 13.2 Å². The Balaban J connectivity index is 3.29. The summed E-state index contributed by atoms with van der Waals surface area (Å²) in [6, 6.07) is 2.49. The van der Waals surface area contributed by atoms with Gasteiger partial charge in [-0.05, 0) is 23.8 Å². The van der Waals surface area contributed by atoms with Crippen molar-refractivity contribution in [1.82, 2.24) is 0 Å². The number of carboxylic acids is 1. The Morgan fingerprint density at radius 1 is 1.29 bits per heavy atom. The molecule has 0 heterocycles. The Bertz CT molecular complexity index is 450. The van der Waals surface area contributed by atoms with Crippen LogP contribution in [0.4, 0.5) is 13.2 Å². The molecule has 0 unspecified atom stereocenters. The molecule has 0 radical (unpaired) electrons. The number of hydrogen-bond acceptors (Lipinski definition) is 2. The van der Waals surface area contributed by atoms with Crippen LogP contribution >= 0.6 is 0 Å². The fourth-order valence-electron chi connectivity index (χ4n) is 1.22. The molecule has 0 aliphatic carbocycles. The predicted molar refractivity (Wildman–Crippen MR) is 54.5 cm³/mol. The van der Waals surface area contributed by atoms with Gasteiger partial charge in [-0.15, -0.1) is 0 Å². The molecular formula is C11H9F3O3. The van der Waals surface area contributed by atoms with E-state index < -0.39 is 23.3 Å². The number of carboxylic acid groups (broad SMARTS) is 1. The number of halogens is 3. The van der Waals surface area contributed by atoms with Gasteiger partial charge in [0.15, 0.2) is 0 Å². The number of benzene rings is 1. The summed E-state index contributed by atoms with van der Waals surface area (Å²) in [6.07, 6.45) is -2.16. The highest BCUT2D eigenvalue weighted by atomic mass is 19.4. The molecule has 0 aromatic heterocycles. The number of hydrogen-bond donors (Lipinski definition) is 2. The molecule has 0 saturated heterocycles. The lowest BCUT2D eigenvalue weighted by atomic mass is 10.0. The number of aliphatic hydroxyl groups excluding tert-OH is 1. The summed E-state index contributed by atoms with van der Waals surface area (Å²) < 4.78 is 37.4. The van der Waals surface area contributed by atoms with E-state index in [0.717, 1.165) is 12.1 Å². The quantitative estimate of drug-likeness (QED) is 0.861. The van der Waals surface area contributed by atoms with Crippen molar-refractivity contribution in [1.29, 1.82) is 0 Å². The van der Waals surface area contributed by atoms with Crippen LogP contribution in [0.3, 0.4) is 0 Å².